The van der Waals surface area contributed by atoms with Gasteiger partial charge >= 0.3 is 0 Å². The summed E-state index contributed by atoms with van der Waals surface area (Å²) in [5.41, 5.74) is 2.20. The molecule has 6 nitrogen and oxygen atoms in total. The van der Waals surface area contributed by atoms with E-state index in [2.05, 4.69) is 22.5 Å². The standard InChI is InChI=1S/C23H30N4O2/c1-2-24-22(25-14-18-19(29-15-26-18)16-8-4-3-5-9-16)27-20-17-10-13-28-21(17)23(20)11-6-7-12-23/h3-5,8-9,15,17,20-21H,2,6-7,10-14H2,1H3,(H2,24,25,27). The van der Waals surface area contributed by atoms with E-state index in [1.54, 1.807) is 0 Å². The van der Waals surface area contributed by atoms with Gasteiger partial charge in [0.05, 0.1) is 12.6 Å². The minimum atomic E-state index is 0.306. The van der Waals surface area contributed by atoms with Gasteiger partial charge in [-0.25, -0.2) is 9.98 Å². The summed E-state index contributed by atoms with van der Waals surface area (Å²) >= 11 is 0. The number of rotatable bonds is 5. The second kappa shape index (κ2) is 7.82. The molecule has 6 heteroatoms. The average molecular weight is 395 g/mol. The summed E-state index contributed by atoms with van der Waals surface area (Å²) in [6, 6.07) is 10.6. The lowest BCUT2D eigenvalue weighted by atomic mass is 9.54. The highest BCUT2D eigenvalue weighted by Crippen LogP contribution is 2.60. The largest absolute Gasteiger partial charge is 0.443 e. The molecule has 1 spiro atoms. The Balaban J connectivity index is 1.34. The molecule has 3 fully saturated rings. The highest BCUT2D eigenvalue weighted by Gasteiger charge is 2.65. The molecule has 0 amide bonds. The van der Waals surface area contributed by atoms with E-state index in [-0.39, 0.29) is 0 Å². The fourth-order valence-electron chi connectivity index (χ4n) is 5.73. The van der Waals surface area contributed by atoms with Crippen LogP contribution in [0.4, 0.5) is 0 Å². The third-order valence-electron chi connectivity index (χ3n) is 6.99. The molecule has 0 bridgehead atoms. The summed E-state index contributed by atoms with van der Waals surface area (Å²) in [6.07, 6.45) is 8.29. The number of fused-ring (bicyclic) bond motifs is 2. The first kappa shape index (κ1) is 18.7. The maximum absolute atomic E-state index is 6.12. The summed E-state index contributed by atoms with van der Waals surface area (Å²) in [4.78, 5) is 9.28. The van der Waals surface area contributed by atoms with Gasteiger partial charge in [-0.05, 0) is 26.2 Å². The van der Waals surface area contributed by atoms with E-state index in [1.165, 1.54) is 32.1 Å². The summed E-state index contributed by atoms with van der Waals surface area (Å²) in [7, 11) is 0. The molecule has 1 saturated heterocycles. The fraction of sp³-hybridized carbons (Fsp3) is 0.565. The van der Waals surface area contributed by atoms with Gasteiger partial charge in [-0.3, -0.25) is 0 Å². The second-order valence-corrected chi connectivity index (χ2v) is 8.50. The van der Waals surface area contributed by atoms with Crippen molar-refractivity contribution in [3.8, 4) is 11.3 Å². The molecular weight excluding hydrogens is 364 g/mol. The third-order valence-corrected chi connectivity index (χ3v) is 6.99. The van der Waals surface area contributed by atoms with Crippen LogP contribution in [0.1, 0.15) is 44.7 Å². The molecule has 0 radical (unpaired) electrons. The van der Waals surface area contributed by atoms with Gasteiger partial charge in [-0.1, -0.05) is 43.2 Å². The zero-order valence-electron chi connectivity index (χ0n) is 17.1. The van der Waals surface area contributed by atoms with Gasteiger partial charge in [0.25, 0.3) is 0 Å². The van der Waals surface area contributed by atoms with E-state index in [0.29, 0.717) is 30.0 Å². The third kappa shape index (κ3) is 3.23. The van der Waals surface area contributed by atoms with Gasteiger partial charge in [0.1, 0.15) is 5.69 Å². The molecule has 2 N–H and O–H groups in total. The van der Waals surface area contributed by atoms with E-state index in [0.717, 1.165) is 42.5 Å². The average Bonchev–Trinajstić information content (AvgIpc) is 3.50. The van der Waals surface area contributed by atoms with E-state index >= 15 is 0 Å². The van der Waals surface area contributed by atoms with Crippen molar-refractivity contribution in [1.29, 1.82) is 0 Å². The molecule has 3 aliphatic rings. The first-order valence-electron chi connectivity index (χ1n) is 11.0. The zero-order chi connectivity index (χ0) is 19.7. The summed E-state index contributed by atoms with van der Waals surface area (Å²) in [5, 5.41) is 7.21. The number of aliphatic imine (C=N–C) groups is 1. The molecular formula is C23H30N4O2. The second-order valence-electron chi connectivity index (χ2n) is 8.50. The minimum absolute atomic E-state index is 0.306. The maximum atomic E-state index is 6.12. The zero-order valence-corrected chi connectivity index (χ0v) is 17.1. The van der Waals surface area contributed by atoms with Crippen molar-refractivity contribution in [1.82, 2.24) is 15.6 Å². The molecule has 1 aromatic heterocycles. The van der Waals surface area contributed by atoms with Crippen LogP contribution in [0.25, 0.3) is 11.3 Å². The van der Waals surface area contributed by atoms with Crippen molar-refractivity contribution in [2.75, 3.05) is 13.2 Å². The lowest BCUT2D eigenvalue weighted by Crippen LogP contribution is -2.69. The SMILES string of the molecule is CCNC(=NCc1ncoc1-c1ccccc1)NC1C2CCOC2C12CCCC2. The lowest BCUT2D eigenvalue weighted by Gasteiger charge is -2.57. The molecule has 1 aromatic carbocycles. The monoisotopic (exact) mass is 394 g/mol. The Morgan fingerprint density at radius 1 is 1.24 bits per heavy atom. The highest BCUT2D eigenvalue weighted by molar-refractivity contribution is 5.80. The van der Waals surface area contributed by atoms with Gasteiger partial charge in [0, 0.05) is 36.1 Å². The molecule has 5 rings (SSSR count). The lowest BCUT2D eigenvalue weighted by molar-refractivity contribution is -0.125. The Hall–Kier alpha value is -2.34. The molecule has 154 valence electrons. The fourth-order valence-corrected chi connectivity index (χ4v) is 5.73. The quantitative estimate of drug-likeness (QED) is 0.597. The normalized spacial score (nSPS) is 27.6. The summed E-state index contributed by atoms with van der Waals surface area (Å²) < 4.78 is 11.8. The van der Waals surface area contributed by atoms with E-state index < -0.39 is 0 Å². The number of hydrogen-bond donors (Lipinski definition) is 2. The first-order valence-corrected chi connectivity index (χ1v) is 11.0. The van der Waals surface area contributed by atoms with Crippen LogP contribution in [0, 0.1) is 11.3 Å². The number of benzene rings is 1. The first-order chi connectivity index (χ1) is 14.3. The van der Waals surface area contributed by atoms with Crippen LogP contribution in [0.2, 0.25) is 0 Å². The topological polar surface area (TPSA) is 71.7 Å². The Morgan fingerprint density at radius 2 is 2.07 bits per heavy atom. The van der Waals surface area contributed by atoms with Gasteiger partial charge in [0.2, 0.25) is 0 Å². The number of nitrogens with zero attached hydrogens (tertiary/aromatic N) is 2. The molecule has 1 aliphatic heterocycles. The Kier molecular flexibility index (Phi) is 5.04. The van der Waals surface area contributed by atoms with Gasteiger partial charge < -0.3 is 19.8 Å². The summed E-state index contributed by atoms with van der Waals surface area (Å²) in [6.45, 7) is 4.33. The molecule has 2 saturated carbocycles. The van der Waals surface area contributed by atoms with Crippen LogP contribution < -0.4 is 10.6 Å². The number of ether oxygens (including phenoxy) is 1. The maximum Gasteiger partial charge on any atom is 0.191 e. The predicted octanol–water partition coefficient (Wildman–Crippen LogP) is 3.74. The number of guanidine groups is 1. The van der Waals surface area contributed by atoms with Crippen LogP contribution in [-0.2, 0) is 11.3 Å². The van der Waals surface area contributed by atoms with E-state index in [4.69, 9.17) is 14.1 Å². The van der Waals surface area contributed by atoms with Crippen molar-refractivity contribution in [2.24, 2.45) is 16.3 Å². The minimum Gasteiger partial charge on any atom is -0.443 e. The van der Waals surface area contributed by atoms with Gasteiger partial charge in [-0.2, -0.15) is 0 Å². The predicted molar refractivity (Wildman–Crippen MR) is 112 cm³/mol. The number of oxazole rings is 1. The van der Waals surface area contributed by atoms with Crippen molar-refractivity contribution in [3.05, 3.63) is 42.4 Å². The van der Waals surface area contributed by atoms with Crippen LogP contribution in [0.5, 0.6) is 0 Å². The number of nitrogens with one attached hydrogen (secondary N) is 2. The van der Waals surface area contributed by atoms with Crippen molar-refractivity contribution < 1.29 is 9.15 Å². The van der Waals surface area contributed by atoms with E-state index in [1.807, 2.05) is 30.3 Å². The van der Waals surface area contributed by atoms with Gasteiger partial charge in [0.15, 0.2) is 18.1 Å². The number of hydrogen-bond acceptors (Lipinski definition) is 4. The van der Waals surface area contributed by atoms with Crippen LogP contribution in [0.15, 0.2) is 46.1 Å². The van der Waals surface area contributed by atoms with Crippen molar-refractivity contribution in [2.45, 2.75) is 57.7 Å². The molecule has 3 atom stereocenters. The summed E-state index contributed by atoms with van der Waals surface area (Å²) in [5.74, 6) is 2.28. The van der Waals surface area contributed by atoms with Crippen LogP contribution in [-0.4, -0.2) is 36.2 Å². The van der Waals surface area contributed by atoms with Crippen LogP contribution in [0.3, 0.4) is 0 Å². The molecule has 3 unspecified atom stereocenters. The number of aromatic nitrogens is 1. The Morgan fingerprint density at radius 3 is 2.86 bits per heavy atom. The highest BCUT2D eigenvalue weighted by atomic mass is 16.5. The molecule has 2 heterocycles. The van der Waals surface area contributed by atoms with Crippen LogP contribution >= 0.6 is 0 Å². The molecule has 2 aromatic rings. The van der Waals surface area contributed by atoms with Gasteiger partial charge in [-0.15, -0.1) is 0 Å². The molecule has 2 aliphatic carbocycles. The van der Waals surface area contributed by atoms with E-state index in [9.17, 15) is 0 Å². The van der Waals surface area contributed by atoms with Crippen molar-refractivity contribution in [3.63, 3.8) is 0 Å². The van der Waals surface area contributed by atoms with Crippen molar-refractivity contribution >= 4 is 5.96 Å². The Bertz CT molecular complexity index is 857. The Labute approximate surface area is 172 Å². The molecule has 29 heavy (non-hydrogen) atoms. The smallest absolute Gasteiger partial charge is 0.191 e.